The number of fused-ring (bicyclic) bond motifs is 1. The van der Waals surface area contributed by atoms with Crippen molar-refractivity contribution >= 4 is 21.6 Å². The molecule has 0 radical (unpaired) electrons. The van der Waals surface area contributed by atoms with Crippen molar-refractivity contribution in [3.8, 4) is 0 Å². The first-order chi connectivity index (χ1) is 6.75. The molecule has 0 aliphatic carbocycles. The monoisotopic (exact) mass is 206 g/mol. The summed E-state index contributed by atoms with van der Waals surface area (Å²) in [7, 11) is 0. The van der Waals surface area contributed by atoms with Gasteiger partial charge in [-0.05, 0) is 25.5 Å². The maximum atomic E-state index is 5.71. The number of para-hydroxylation sites is 1. The smallest absolute Gasteiger partial charge is 0.0939 e. The normalized spacial score (nSPS) is 13.3. The van der Waals surface area contributed by atoms with Gasteiger partial charge in [0, 0.05) is 12.5 Å². The largest absolute Gasteiger partial charge is 0.328 e. The van der Waals surface area contributed by atoms with Crippen molar-refractivity contribution in [2.75, 3.05) is 0 Å². The van der Waals surface area contributed by atoms with Crippen LogP contribution in [0.2, 0.25) is 0 Å². The van der Waals surface area contributed by atoms with Crippen molar-refractivity contribution in [2.24, 2.45) is 5.73 Å². The summed E-state index contributed by atoms with van der Waals surface area (Å²) in [5, 5.41) is 1.20. The van der Waals surface area contributed by atoms with Crippen LogP contribution in [0.25, 0.3) is 10.2 Å². The molecule has 0 saturated heterocycles. The summed E-state index contributed by atoms with van der Waals surface area (Å²) in [6.07, 6.45) is 2.01. The van der Waals surface area contributed by atoms with Gasteiger partial charge in [-0.2, -0.15) is 0 Å². The van der Waals surface area contributed by atoms with Crippen molar-refractivity contribution in [1.82, 2.24) is 4.98 Å². The zero-order valence-electron chi connectivity index (χ0n) is 8.23. The summed E-state index contributed by atoms with van der Waals surface area (Å²) in [5.74, 6) is 0. The topological polar surface area (TPSA) is 38.9 Å². The number of nitrogens with two attached hydrogens (primary N) is 1. The molecule has 0 saturated carbocycles. The van der Waals surface area contributed by atoms with Gasteiger partial charge in [-0.3, -0.25) is 0 Å². The fraction of sp³-hybridized carbons (Fsp3) is 0.364. The van der Waals surface area contributed by atoms with E-state index in [0.717, 1.165) is 18.4 Å². The number of hydrogen-bond donors (Lipinski definition) is 1. The number of nitrogens with zero attached hydrogens (tertiary/aromatic N) is 1. The average molecular weight is 206 g/mol. The summed E-state index contributed by atoms with van der Waals surface area (Å²) >= 11 is 1.77. The number of benzene rings is 1. The molecule has 0 aliphatic rings. The Labute approximate surface area is 87.8 Å². The van der Waals surface area contributed by atoms with Gasteiger partial charge in [0.25, 0.3) is 0 Å². The first-order valence-corrected chi connectivity index (χ1v) is 5.67. The van der Waals surface area contributed by atoms with Crippen LogP contribution in [0.4, 0.5) is 0 Å². The highest BCUT2D eigenvalue weighted by Crippen LogP contribution is 2.22. The van der Waals surface area contributed by atoms with Gasteiger partial charge < -0.3 is 5.73 Å². The van der Waals surface area contributed by atoms with Gasteiger partial charge in [-0.15, -0.1) is 11.3 Å². The first-order valence-electron chi connectivity index (χ1n) is 4.86. The molecule has 2 nitrogen and oxygen atoms in total. The summed E-state index contributed by atoms with van der Waals surface area (Å²) in [6.45, 7) is 2.04. The molecular weight excluding hydrogens is 192 g/mol. The fourth-order valence-corrected chi connectivity index (χ4v) is 2.36. The second kappa shape index (κ2) is 4.07. The van der Waals surface area contributed by atoms with E-state index in [4.69, 9.17) is 5.73 Å². The molecule has 2 N–H and O–H groups in total. The Morgan fingerprint density at radius 3 is 2.93 bits per heavy atom. The van der Waals surface area contributed by atoms with Crippen LogP contribution in [0.3, 0.4) is 0 Å². The number of thiazole rings is 1. The second-order valence-electron chi connectivity index (χ2n) is 3.59. The second-order valence-corrected chi connectivity index (χ2v) is 4.71. The van der Waals surface area contributed by atoms with Gasteiger partial charge in [-0.1, -0.05) is 12.1 Å². The molecule has 2 aromatic rings. The van der Waals surface area contributed by atoms with E-state index in [-0.39, 0.29) is 6.04 Å². The van der Waals surface area contributed by atoms with E-state index in [1.807, 2.05) is 13.0 Å². The zero-order valence-corrected chi connectivity index (χ0v) is 9.05. The van der Waals surface area contributed by atoms with Crippen LogP contribution >= 0.6 is 11.3 Å². The molecule has 0 bridgehead atoms. The third-order valence-electron chi connectivity index (χ3n) is 2.15. The fourth-order valence-electron chi connectivity index (χ4n) is 1.38. The van der Waals surface area contributed by atoms with Gasteiger partial charge in [0.15, 0.2) is 0 Å². The van der Waals surface area contributed by atoms with E-state index in [9.17, 15) is 0 Å². The Morgan fingerprint density at radius 2 is 2.21 bits per heavy atom. The average Bonchev–Trinajstić information content (AvgIpc) is 2.57. The van der Waals surface area contributed by atoms with Crippen LogP contribution in [0.1, 0.15) is 18.4 Å². The molecule has 74 valence electrons. The molecule has 2 rings (SSSR count). The molecule has 14 heavy (non-hydrogen) atoms. The molecule has 0 fully saturated rings. The van der Waals surface area contributed by atoms with Crippen molar-refractivity contribution in [1.29, 1.82) is 0 Å². The van der Waals surface area contributed by atoms with Crippen LogP contribution in [-0.2, 0) is 6.42 Å². The predicted octanol–water partition coefficient (Wildman–Crippen LogP) is 2.58. The van der Waals surface area contributed by atoms with Crippen molar-refractivity contribution in [2.45, 2.75) is 25.8 Å². The Bertz CT molecular complexity index is 387. The molecule has 0 spiro atoms. The standard InChI is InChI=1S/C11H14N2S/c1-8(12)6-7-11-13-9-4-2-3-5-10(9)14-11/h2-5,8H,6-7,12H2,1H3. The van der Waals surface area contributed by atoms with Crippen molar-refractivity contribution in [3.63, 3.8) is 0 Å². The SMILES string of the molecule is CC(N)CCc1nc2ccccc2s1. The lowest BCUT2D eigenvalue weighted by Gasteiger charge is -2.00. The molecule has 1 unspecified atom stereocenters. The van der Waals surface area contributed by atoms with E-state index in [2.05, 4.69) is 23.2 Å². The van der Waals surface area contributed by atoms with Crippen molar-refractivity contribution < 1.29 is 0 Å². The van der Waals surface area contributed by atoms with E-state index in [0.29, 0.717) is 0 Å². The highest BCUT2D eigenvalue weighted by atomic mass is 32.1. The minimum absolute atomic E-state index is 0.266. The summed E-state index contributed by atoms with van der Waals surface area (Å²) in [6, 6.07) is 8.51. The van der Waals surface area contributed by atoms with E-state index in [1.54, 1.807) is 11.3 Å². The number of aromatic nitrogens is 1. The molecule has 1 aromatic carbocycles. The Hall–Kier alpha value is -0.930. The Kier molecular flexibility index (Phi) is 2.79. The van der Waals surface area contributed by atoms with Crippen LogP contribution in [0.15, 0.2) is 24.3 Å². The molecular formula is C11H14N2S. The molecule has 0 aliphatic heterocycles. The summed E-state index contributed by atoms with van der Waals surface area (Å²) in [5.41, 5.74) is 6.82. The lowest BCUT2D eigenvalue weighted by molar-refractivity contribution is 0.665. The summed E-state index contributed by atoms with van der Waals surface area (Å²) in [4.78, 5) is 4.55. The molecule has 3 heteroatoms. The van der Waals surface area contributed by atoms with Gasteiger partial charge in [0.2, 0.25) is 0 Å². The van der Waals surface area contributed by atoms with Crippen LogP contribution in [0.5, 0.6) is 0 Å². The lowest BCUT2D eigenvalue weighted by atomic mass is 10.2. The van der Waals surface area contributed by atoms with Crippen LogP contribution < -0.4 is 5.73 Å². The number of hydrogen-bond acceptors (Lipinski definition) is 3. The van der Waals surface area contributed by atoms with Crippen LogP contribution in [0, 0.1) is 0 Å². The Morgan fingerprint density at radius 1 is 1.43 bits per heavy atom. The van der Waals surface area contributed by atoms with E-state index < -0.39 is 0 Å². The molecule has 1 heterocycles. The van der Waals surface area contributed by atoms with Gasteiger partial charge >= 0.3 is 0 Å². The minimum atomic E-state index is 0.266. The minimum Gasteiger partial charge on any atom is -0.328 e. The highest BCUT2D eigenvalue weighted by Gasteiger charge is 2.03. The molecule has 1 aromatic heterocycles. The Balaban J connectivity index is 2.19. The van der Waals surface area contributed by atoms with Crippen molar-refractivity contribution in [3.05, 3.63) is 29.3 Å². The quantitative estimate of drug-likeness (QED) is 0.838. The highest BCUT2D eigenvalue weighted by molar-refractivity contribution is 7.18. The van der Waals surface area contributed by atoms with Gasteiger partial charge in [0.05, 0.1) is 15.2 Å². The van der Waals surface area contributed by atoms with E-state index >= 15 is 0 Å². The predicted molar refractivity (Wildman–Crippen MR) is 61.6 cm³/mol. The molecule has 1 atom stereocenters. The van der Waals surface area contributed by atoms with Gasteiger partial charge in [-0.25, -0.2) is 4.98 Å². The number of rotatable bonds is 3. The first kappa shape index (κ1) is 9.62. The molecule has 0 amide bonds. The lowest BCUT2D eigenvalue weighted by Crippen LogP contribution is -2.15. The van der Waals surface area contributed by atoms with E-state index in [1.165, 1.54) is 9.71 Å². The third-order valence-corrected chi connectivity index (χ3v) is 3.25. The van der Waals surface area contributed by atoms with Gasteiger partial charge in [0.1, 0.15) is 0 Å². The third kappa shape index (κ3) is 2.11. The maximum Gasteiger partial charge on any atom is 0.0939 e. The maximum absolute atomic E-state index is 5.71. The number of aryl methyl sites for hydroxylation is 1. The zero-order chi connectivity index (χ0) is 9.97. The summed E-state index contributed by atoms with van der Waals surface area (Å²) < 4.78 is 1.27. The van der Waals surface area contributed by atoms with Crippen LogP contribution in [-0.4, -0.2) is 11.0 Å².